The third-order valence-electron chi connectivity index (χ3n) is 5.12. The molecule has 0 bridgehead atoms. The molecule has 2 rings (SSSR count). The molecule has 7 heteroatoms. The van der Waals surface area contributed by atoms with Crippen molar-refractivity contribution in [3.63, 3.8) is 0 Å². The maximum absolute atomic E-state index is 12.5. The predicted octanol–water partition coefficient (Wildman–Crippen LogP) is 3.85. The fourth-order valence-corrected chi connectivity index (χ4v) is 4.61. The average molecular weight is 410 g/mol. The van der Waals surface area contributed by atoms with Gasteiger partial charge in [-0.15, -0.1) is 0 Å². The van der Waals surface area contributed by atoms with Gasteiger partial charge in [-0.1, -0.05) is 19.8 Å². The minimum Gasteiger partial charge on any atom is -0.372 e. The average Bonchev–Trinajstić information content (AvgIpc) is 2.65. The Bertz CT molecular complexity index is 711. The fraction of sp³-hybridized carbons (Fsp3) is 0.667. The molecule has 1 aromatic carbocycles. The number of sulfonamides is 1. The van der Waals surface area contributed by atoms with E-state index in [1.54, 1.807) is 17.0 Å². The molecule has 0 atom stereocenters. The number of unbranched alkanes of at least 4 members (excludes halogenated alkanes) is 2. The third kappa shape index (κ3) is 7.00. The first-order valence-electron chi connectivity index (χ1n) is 10.5. The van der Waals surface area contributed by atoms with Crippen LogP contribution in [0.3, 0.4) is 0 Å². The van der Waals surface area contributed by atoms with Crippen molar-refractivity contribution in [3.05, 3.63) is 24.3 Å². The van der Waals surface area contributed by atoms with E-state index < -0.39 is 15.8 Å². The maximum atomic E-state index is 12.5. The van der Waals surface area contributed by atoms with Gasteiger partial charge in [0.05, 0.1) is 0 Å². The zero-order valence-corrected chi connectivity index (χ0v) is 18.3. The second-order valence-corrected chi connectivity index (χ2v) is 9.57. The quantitative estimate of drug-likeness (QED) is 0.596. The summed E-state index contributed by atoms with van der Waals surface area (Å²) in [6, 6.07) is 7.41. The summed E-state index contributed by atoms with van der Waals surface area (Å²) in [7, 11) is -3.74. The van der Waals surface area contributed by atoms with Gasteiger partial charge in [-0.25, -0.2) is 8.42 Å². The lowest BCUT2D eigenvalue weighted by molar-refractivity contribution is -0.130. The summed E-state index contributed by atoms with van der Waals surface area (Å²) < 4.78 is 27.5. The van der Waals surface area contributed by atoms with E-state index in [1.807, 2.05) is 26.0 Å². The van der Waals surface area contributed by atoms with E-state index >= 15 is 0 Å². The number of carbonyl (C=O) groups is 1. The van der Waals surface area contributed by atoms with E-state index in [0.717, 1.165) is 38.0 Å². The minimum absolute atomic E-state index is 0.0108. The van der Waals surface area contributed by atoms with Gasteiger partial charge in [0.2, 0.25) is 15.9 Å². The number of benzene rings is 1. The maximum Gasteiger partial charge on any atom is 0.241 e. The lowest BCUT2D eigenvalue weighted by Crippen LogP contribution is -2.42. The van der Waals surface area contributed by atoms with Crippen LogP contribution in [0.1, 0.15) is 59.3 Å². The Labute approximate surface area is 170 Å². The Hall–Kier alpha value is -1.76. The zero-order valence-electron chi connectivity index (χ0n) is 17.5. The number of hydrogen-bond acceptors (Lipinski definition) is 4. The van der Waals surface area contributed by atoms with Crippen LogP contribution in [0.4, 0.5) is 11.4 Å². The molecule has 0 aromatic heterocycles. The molecule has 1 aliphatic heterocycles. The normalized spacial score (nSPS) is 14.9. The highest BCUT2D eigenvalue weighted by Gasteiger charge is 2.23. The molecule has 6 nitrogen and oxygen atoms in total. The van der Waals surface area contributed by atoms with Crippen LogP contribution in [-0.4, -0.2) is 50.7 Å². The number of rotatable bonds is 10. The molecule has 1 aliphatic rings. The Kier molecular flexibility index (Phi) is 8.60. The molecule has 1 heterocycles. The van der Waals surface area contributed by atoms with Gasteiger partial charge in [-0.05, 0) is 63.8 Å². The topological polar surface area (TPSA) is 69.7 Å². The Morgan fingerprint density at radius 1 is 1.11 bits per heavy atom. The van der Waals surface area contributed by atoms with Gasteiger partial charge in [-0.2, -0.15) is 0 Å². The molecule has 0 aliphatic carbocycles. The van der Waals surface area contributed by atoms with Crippen molar-refractivity contribution in [1.82, 2.24) is 4.90 Å². The monoisotopic (exact) mass is 409 g/mol. The van der Waals surface area contributed by atoms with Gasteiger partial charge in [0.25, 0.3) is 0 Å². The summed E-state index contributed by atoms with van der Waals surface area (Å²) in [6.45, 7) is 8.63. The molecule has 1 amide bonds. The molecule has 0 radical (unpaired) electrons. The van der Waals surface area contributed by atoms with Gasteiger partial charge in [-0.3, -0.25) is 9.52 Å². The highest BCUT2D eigenvalue weighted by atomic mass is 32.2. The first kappa shape index (κ1) is 22.5. The summed E-state index contributed by atoms with van der Waals surface area (Å²) in [6.07, 6.45) is 6.65. The van der Waals surface area contributed by atoms with Crippen LogP contribution in [0.2, 0.25) is 0 Å². The molecule has 1 fully saturated rings. The van der Waals surface area contributed by atoms with Gasteiger partial charge < -0.3 is 9.80 Å². The van der Waals surface area contributed by atoms with E-state index in [9.17, 15) is 13.2 Å². The van der Waals surface area contributed by atoms with Gasteiger partial charge in [0.1, 0.15) is 5.75 Å². The summed E-state index contributed by atoms with van der Waals surface area (Å²) in [5.41, 5.74) is 1.61. The van der Waals surface area contributed by atoms with E-state index in [0.29, 0.717) is 12.2 Å². The number of nitrogens with one attached hydrogen (secondary N) is 1. The first-order chi connectivity index (χ1) is 13.3. The molecule has 1 aromatic rings. The van der Waals surface area contributed by atoms with Crippen LogP contribution in [0.15, 0.2) is 24.3 Å². The Morgan fingerprint density at radius 2 is 1.75 bits per heavy atom. The molecule has 1 N–H and O–H groups in total. The third-order valence-corrected chi connectivity index (χ3v) is 6.30. The van der Waals surface area contributed by atoms with Crippen LogP contribution in [-0.2, 0) is 14.8 Å². The van der Waals surface area contributed by atoms with Crippen molar-refractivity contribution in [1.29, 1.82) is 0 Å². The molecular weight excluding hydrogens is 374 g/mol. The number of nitrogens with zero attached hydrogens (tertiary/aromatic N) is 2. The number of carbonyl (C=O) groups excluding carboxylic acids is 1. The van der Waals surface area contributed by atoms with E-state index in [2.05, 4.69) is 16.5 Å². The van der Waals surface area contributed by atoms with Crippen LogP contribution >= 0.6 is 0 Å². The standard InChI is InChI=1S/C21H35N3O3S/c1-4-5-7-16-24(18(2)3)21(25)17-28(26,27)22-19-10-12-20(13-11-19)23-14-8-6-9-15-23/h10-13,18,22H,4-9,14-17H2,1-3H3. The smallest absolute Gasteiger partial charge is 0.241 e. The SMILES string of the molecule is CCCCCN(C(=O)CS(=O)(=O)Nc1ccc(N2CCCCC2)cc1)C(C)C. The number of hydrogen-bond donors (Lipinski definition) is 1. The highest BCUT2D eigenvalue weighted by molar-refractivity contribution is 7.93. The van der Waals surface area contributed by atoms with Crippen molar-refractivity contribution >= 4 is 27.3 Å². The fourth-order valence-electron chi connectivity index (χ4n) is 3.56. The second kappa shape index (κ2) is 10.7. The van der Waals surface area contributed by atoms with E-state index in [-0.39, 0.29) is 11.9 Å². The summed E-state index contributed by atoms with van der Waals surface area (Å²) in [4.78, 5) is 16.5. The van der Waals surface area contributed by atoms with Crippen LogP contribution < -0.4 is 9.62 Å². The lowest BCUT2D eigenvalue weighted by atomic mass is 10.1. The second-order valence-electron chi connectivity index (χ2n) is 7.84. The Balaban J connectivity index is 1.95. The number of piperidine rings is 1. The highest BCUT2D eigenvalue weighted by Crippen LogP contribution is 2.22. The number of anilines is 2. The molecule has 0 unspecified atom stereocenters. The molecule has 0 saturated carbocycles. The van der Waals surface area contributed by atoms with Gasteiger partial charge in [0, 0.05) is 37.1 Å². The van der Waals surface area contributed by atoms with Crippen molar-refractivity contribution in [2.24, 2.45) is 0 Å². The predicted molar refractivity (Wildman–Crippen MR) is 116 cm³/mol. The largest absolute Gasteiger partial charge is 0.372 e. The number of amides is 1. The lowest BCUT2D eigenvalue weighted by Gasteiger charge is -2.29. The van der Waals surface area contributed by atoms with Crippen molar-refractivity contribution < 1.29 is 13.2 Å². The van der Waals surface area contributed by atoms with Crippen molar-refractivity contribution in [2.45, 2.75) is 65.3 Å². The molecule has 158 valence electrons. The van der Waals surface area contributed by atoms with E-state index in [1.165, 1.54) is 19.3 Å². The summed E-state index contributed by atoms with van der Waals surface area (Å²) in [5, 5.41) is 0. The minimum atomic E-state index is -3.74. The van der Waals surface area contributed by atoms with Crippen molar-refractivity contribution in [3.8, 4) is 0 Å². The molecule has 28 heavy (non-hydrogen) atoms. The molecule has 1 saturated heterocycles. The van der Waals surface area contributed by atoms with E-state index in [4.69, 9.17) is 0 Å². The van der Waals surface area contributed by atoms with Crippen molar-refractivity contribution in [2.75, 3.05) is 35.0 Å². The van der Waals surface area contributed by atoms with Crippen LogP contribution in [0.5, 0.6) is 0 Å². The van der Waals surface area contributed by atoms with Crippen LogP contribution in [0, 0.1) is 0 Å². The molecule has 0 spiro atoms. The zero-order chi connectivity index (χ0) is 20.6. The molecular formula is C21H35N3O3S. The van der Waals surface area contributed by atoms with Gasteiger partial charge in [0.15, 0.2) is 0 Å². The summed E-state index contributed by atoms with van der Waals surface area (Å²) >= 11 is 0. The Morgan fingerprint density at radius 3 is 2.32 bits per heavy atom. The van der Waals surface area contributed by atoms with Crippen LogP contribution in [0.25, 0.3) is 0 Å². The van der Waals surface area contributed by atoms with Gasteiger partial charge >= 0.3 is 0 Å². The summed E-state index contributed by atoms with van der Waals surface area (Å²) in [5.74, 6) is -0.867. The first-order valence-corrected chi connectivity index (χ1v) is 12.1.